The number of hydrogen-bond donors (Lipinski definition) is 0. The van der Waals surface area contributed by atoms with Crippen LogP contribution in [0.5, 0.6) is 0 Å². The highest BCUT2D eigenvalue weighted by atomic mass is 32.2. The normalized spacial score (nSPS) is 32.5. The van der Waals surface area contributed by atoms with Crippen molar-refractivity contribution >= 4 is 26.0 Å². The van der Waals surface area contributed by atoms with Crippen LogP contribution in [-0.4, -0.2) is 56.4 Å². The zero-order valence-corrected chi connectivity index (χ0v) is 18.8. The van der Waals surface area contributed by atoms with Gasteiger partial charge in [-0.05, 0) is 24.8 Å². The van der Waals surface area contributed by atoms with Crippen LogP contribution in [-0.2, 0) is 23.4 Å². The van der Waals surface area contributed by atoms with E-state index < -0.39 is 0 Å². The van der Waals surface area contributed by atoms with E-state index in [9.17, 15) is 0 Å². The minimum Gasteiger partial charge on any atom is -0.408 e. The lowest BCUT2D eigenvalue weighted by Gasteiger charge is -2.23. The summed E-state index contributed by atoms with van der Waals surface area (Å²) in [4.78, 5) is 0. The fourth-order valence-corrected chi connectivity index (χ4v) is 5.47. The van der Waals surface area contributed by atoms with Crippen molar-refractivity contribution in [2.75, 3.05) is 12.4 Å². The molecule has 28 heavy (non-hydrogen) atoms. The van der Waals surface area contributed by atoms with E-state index >= 15 is 0 Å². The van der Waals surface area contributed by atoms with E-state index in [1.54, 1.807) is 0 Å². The predicted octanol–water partition coefficient (Wildman–Crippen LogP) is 4.80. The number of ether oxygens (including phenoxy) is 1. The maximum absolute atomic E-state index is 6.38. The Balaban J connectivity index is 1.39. The van der Waals surface area contributed by atoms with Crippen molar-refractivity contribution in [3.05, 3.63) is 0 Å². The third-order valence-electron chi connectivity index (χ3n) is 5.91. The molecule has 0 N–H and O–H groups in total. The Hall–Kier alpha value is 0.280. The molecule has 3 fully saturated rings. The summed E-state index contributed by atoms with van der Waals surface area (Å²) in [6.07, 6.45) is 12.4. The molecule has 3 saturated heterocycles. The maximum Gasteiger partial charge on any atom is 0.457 e. The summed E-state index contributed by atoms with van der Waals surface area (Å²) in [5.74, 6) is 1.12. The molecule has 0 aromatic rings. The summed E-state index contributed by atoms with van der Waals surface area (Å²) < 4.78 is 30.4. The van der Waals surface area contributed by atoms with Crippen LogP contribution in [0.15, 0.2) is 0 Å². The van der Waals surface area contributed by atoms with Crippen molar-refractivity contribution in [1.82, 2.24) is 0 Å². The first kappa shape index (κ1) is 23.0. The molecule has 0 aliphatic carbocycles. The summed E-state index contributed by atoms with van der Waals surface area (Å²) >= 11 is 1.89. The molecule has 0 radical (unpaired) electrons. The van der Waals surface area contributed by atoms with Gasteiger partial charge in [-0.1, -0.05) is 65.7 Å². The van der Waals surface area contributed by atoms with E-state index in [0.717, 1.165) is 18.4 Å². The molecule has 0 amide bonds. The fraction of sp³-hybridized carbons (Fsp3) is 1.00. The first-order valence-electron chi connectivity index (χ1n) is 11.6. The molecule has 8 heteroatoms. The molecule has 5 unspecified atom stereocenters. The standard InChI is InChI=1S/C20H38B2O5S/c1-4-7-8-9-10-11-12-13-14-28-20-19-18(26-22(6-3)27-19)17(24-20)16-15-23-21(5-2)25-16/h16-20H,4-15H2,1-3H3. The first-order chi connectivity index (χ1) is 13.8. The topological polar surface area (TPSA) is 46.2 Å². The van der Waals surface area contributed by atoms with Gasteiger partial charge < -0.3 is 23.4 Å². The Kier molecular flexibility index (Phi) is 10.0. The van der Waals surface area contributed by atoms with Crippen LogP contribution in [0, 0.1) is 0 Å². The van der Waals surface area contributed by atoms with Gasteiger partial charge in [-0.25, -0.2) is 0 Å². The lowest BCUT2D eigenvalue weighted by atomic mass is 9.86. The third-order valence-corrected chi connectivity index (χ3v) is 7.14. The minimum atomic E-state index is -0.114. The quantitative estimate of drug-likeness (QED) is 0.320. The van der Waals surface area contributed by atoms with Crippen molar-refractivity contribution < 1.29 is 23.4 Å². The van der Waals surface area contributed by atoms with Gasteiger partial charge in [-0.15, -0.1) is 11.8 Å². The fourth-order valence-electron chi connectivity index (χ4n) is 4.25. The number of hydrogen-bond acceptors (Lipinski definition) is 6. The van der Waals surface area contributed by atoms with E-state index in [0.29, 0.717) is 6.61 Å². The van der Waals surface area contributed by atoms with Crippen molar-refractivity contribution in [3.63, 3.8) is 0 Å². The Morgan fingerprint density at radius 2 is 1.43 bits per heavy atom. The third kappa shape index (κ3) is 6.14. The molecule has 0 aromatic heterocycles. The Morgan fingerprint density at radius 1 is 0.750 bits per heavy atom. The molecule has 5 nitrogen and oxygen atoms in total. The van der Waals surface area contributed by atoms with Gasteiger partial charge in [0.25, 0.3) is 0 Å². The second-order valence-electron chi connectivity index (χ2n) is 8.20. The van der Waals surface area contributed by atoms with Crippen molar-refractivity contribution in [3.8, 4) is 0 Å². The maximum atomic E-state index is 6.38. The number of unbranched alkanes of at least 4 members (excludes halogenated alkanes) is 7. The number of rotatable bonds is 13. The smallest absolute Gasteiger partial charge is 0.408 e. The van der Waals surface area contributed by atoms with E-state index in [1.165, 1.54) is 51.4 Å². The van der Waals surface area contributed by atoms with Crippen LogP contribution in [0.2, 0.25) is 12.6 Å². The van der Waals surface area contributed by atoms with Crippen molar-refractivity contribution in [2.45, 2.75) is 115 Å². The highest BCUT2D eigenvalue weighted by Gasteiger charge is 2.56. The molecule has 0 aromatic carbocycles. The Bertz CT molecular complexity index is 447. The minimum absolute atomic E-state index is 0.0123. The number of thioether (sulfide) groups is 1. The van der Waals surface area contributed by atoms with Gasteiger partial charge in [0.1, 0.15) is 17.6 Å². The van der Waals surface area contributed by atoms with Gasteiger partial charge in [0.05, 0.1) is 18.8 Å². The summed E-state index contributed by atoms with van der Waals surface area (Å²) in [5.41, 5.74) is 0.0420. The average molecular weight is 412 g/mol. The van der Waals surface area contributed by atoms with Crippen LogP contribution in [0.1, 0.15) is 72.1 Å². The molecule has 3 aliphatic heterocycles. The molecule has 3 heterocycles. The van der Waals surface area contributed by atoms with Gasteiger partial charge in [-0.2, -0.15) is 0 Å². The van der Waals surface area contributed by atoms with Gasteiger partial charge in [0, 0.05) is 0 Å². The monoisotopic (exact) mass is 412 g/mol. The summed E-state index contributed by atoms with van der Waals surface area (Å²) in [6.45, 7) is 7.04. The second-order valence-corrected chi connectivity index (χ2v) is 9.41. The van der Waals surface area contributed by atoms with Crippen LogP contribution < -0.4 is 0 Å². The van der Waals surface area contributed by atoms with Crippen LogP contribution in [0.25, 0.3) is 0 Å². The SMILES string of the molecule is CCCCCCCCCCSC1OC(C2COB(CC)O2)C2OB(CC)OC12. The zero-order valence-electron chi connectivity index (χ0n) is 18.0. The van der Waals surface area contributed by atoms with Crippen molar-refractivity contribution in [1.29, 1.82) is 0 Å². The Labute approximate surface area is 176 Å². The van der Waals surface area contributed by atoms with E-state index in [1.807, 2.05) is 11.8 Å². The molecular weight excluding hydrogens is 374 g/mol. The number of fused-ring (bicyclic) bond motifs is 1. The molecule has 0 saturated carbocycles. The van der Waals surface area contributed by atoms with Gasteiger partial charge >= 0.3 is 14.2 Å². The molecule has 0 bridgehead atoms. The molecule has 3 rings (SSSR count). The highest BCUT2D eigenvalue weighted by Crippen LogP contribution is 2.41. The van der Waals surface area contributed by atoms with Gasteiger partial charge in [0.2, 0.25) is 0 Å². The zero-order chi connectivity index (χ0) is 19.8. The summed E-state index contributed by atoms with van der Waals surface area (Å²) in [6, 6.07) is 0. The second kappa shape index (κ2) is 12.2. The van der Waals surface area contributed by atoms with Crippen LogP contribution >= 0.6 is 11.8 Å². The Morgan fingerprint density at radius 3 is 2.11 bits per heavy atom. The summed E-state index contributed by atoms with van der Waals surface area (Å²) in [5, 5.41) is 0. The molecule has 3 aliphatic rings. The molecular formula is C20H38B2O5S. The van der Waals surface area contributed by atoms with E-state index in [-0.39, 0.29) is 44.1 Å². The molecule has 160 valence electrons. The molecule has 5 atom stereocenters. The van der Waals surface area contributed by atoms with Crippen LogP contribution in [0.4, 0.5) is 0 Å². The van der Waals surface area contributed by atoms with Crippen LogP contribution in [0.3, 0.4) is 0 Å². The first-order valence-corrected chi connectivity index (χ1v) is 12.7. The average Bonchev–Trinajstić information content (AvgIpc) is 3.42. The van der Waals surface area contributed by atoms with Gasteiger partial charge in [0.15, 0.2) is 0 Å². The molecule has 0 spiro atoms. The van der Waals surface area contributed by atoms with Gasteiger partial charge in [-0.3, -0.25) is 0 Å². The summed E-state index contributed by atoms with van der Waals surface area (Å²) in [7, 11) is -0.225. The lowest BCUT2D eigenvalue weighted by molar-refractivity contribution is -0.0289. The van der Waals surface area contributed by atoms with E-state index in [2.05, 4.69) is 20.8 Å². The largest absolute Gasteiger partial charge is 0.457 e. The predicted molar refractivity (Wildman–Crippen MR) is 117 cm³/mol. The van der Waals surface area contributed by atoms with Crippen molar-refractivity contribution in [2.24, 2.45) is 0 Å². The van der Waals surface area contributed by atoms with E-state index in [4.69, 9.17) is 23.4 Å². The lowest BCUT2D eigenvalue weighted by Crippen LogP contribution is -2.39. The highest BCUT2D eigenvalue weighted by molar-refractivity contribution is 7.99.